The van der Waals surface area contributed by atoms with Crippen LogP contribution in [0, 0.1) is 0 Å². The minimum absolute atomic E-state index is 0.108. The van der Waals surface area contributed by atoms with E-state index in [4.69, 9.17) is 0 Å². The fraction of sp³-hybridized carbons (Fsp3) is 0.467. The first-order chi connectivity index (χ1) is 9.07. The molecule has 19 heavy (non-hydrogen) atoms. The maximum Gasteiger partial charge on any atom is 0.0535 e. The summed E-state index contributed by atoms with van der Waals surface area (Å²) < 4.78 is 0. The number of aromatic nitrogens is 3. The Kier molecular flexibility index (Phi) is 4.32. The summed E-state index contributed by atoms with van der Waals surface area (Å²) >= 11 is 0. The summed E-state index contributed by atoms with van der Waals surface area (Å²) in [5.74, 6) is 0. The third-order valence-electron chi connectivity index (χ3n) is 3.10. The van der Waals surface area contributed by atoms with Gasteiger partial charge in [-0.2, -0.15) is 5.10 Å². The van der Waals surface area contributed by atoms with E-state index in [9.17, 15) is 0 Å². The minimum atomic E-state index is 0.108. The molecule has 0 atom stereocenters. The molecule has 2 N–H and O–H groups in total. The molecular formula is C15H22N4. The molecule has 0 spiro atoms. The van der Waals surface area contributed by atoms with Crippen molar-refractivity contribution in [3.63, 3.8) is 0 Å². The number of aromatic amines is 1. The summed E-state index contributed by atoms with van der Waals surface area (Å²) in [5, 5.41) is 10.7. The number of nitrogens with one attached hydrogen (secondary N) is 2. The number of rotatable bonds is 5. The van der Waals surface area contributed by atoms with Gasteiger partial charge in [-0.1, -0.05) is 26.8 Å². The highest BCUT2D eigenvalue weighted by molar-refractivity contribution is 5.23. The van der Waals surface area contributed by atoms with E-state index in [2.05, 4.69) is 47.3 Å². The summed E-state index contributed by atoms with van der Waals surface area (Å²) in [7, 11) is 0. The third kappa shape index (κ3) is 3.89. The number of hydrogen-bond donors (Lipinski definition) is 2. The van der Waals surface area contributed by atoms with Crippen LogP contribution < -0.4 is 5.32 Å². The molecular weight excluding hydrogens is 236 g/mol. The van der Waals surface area contributed by atoms with Gasteiger partial charge < -0.3 is 5.32 Å². The van der Waals surface area contributed by atoms with Gasteiger partial charge in [-0.3, -0.25) is 10.1 Å². The van der Waals surface area contributed by atoms with Gasteiger partial charge in [-0.15, -0.1) is 0 Å². The second-order valence-electron chi connectivity index (χ2n) is 5.81. The van der Waals surface area contributed by atoms with Crippen LogP contribution in [0.5, 0.6) is 0 Å². The summed E-state index contributed by atoms with van der Waals surface area (Å²) in [6, 6.07) is 4.08. The molecule has 0 saturated carbocycles. The van der Waals surface area contributed by atoms with Crippen LogP contribution in [-0.4, -0.2) is 21.7 Å². The summed E-state index contributed by atoms with van der Waals surface area (Å²) in [5.41, 5.74) is 3.83. The standard InChI is InChI=1S/C15H22N4/c1-15(2,3)14-13(11-18-19-14)10-17-8-6-12-5-4-7-16-9-12/h4-5,7,9,11,17H,6,8,10H2,1-3H3,(H,18,19). The zero-order chi connectivity index (χ0) is 13.7. The molecule has 0 aliphatic carbocycles. The van der Waals surface area contributed by atoms with Crippen LogP contribution in [0.4, 0.5) is 0 Å². The maximum absolute atomic E-state index is 4.15. The Morgan fingerprint density at radius 2 is 2.11 bits per heavy atom. The van der Waals surface area contributed by atoms with Crippen molar-refractivity contribution in [2.24, 2.45) is 0 Å². The Morgan fingerprint density at radius 3 is 2.79 bits per heavy atom. The Bertz CT molecular complexity index is 496. The van der Waals surface area contributed by atoms with Gasteiger partial charge in [0.2, 0.25) is 0 Å². The third-order valence-corrected chi connectivity index (χ3v) is 3.10. The van der Waals surface area contributed by atoms with Gasteiger partial charge in [-0.25, -0.2) is 0 Å². The lowest BCUT2D eigenvalue weighted by Gasteiger charge is -2.18. The molecule has 4 nitrogen and oxygen atoms in total. The predicted molar refractivity (Wildman–Crippen MR) is 76.9 cm³/mol. The van der Waals surface area contributed by atoms with Crippen LogP contribution in [0.2, 0.25) is 0 Å². The molecule has 2 rings (SSSR count). The van der Waals surface area contributed by atoms with Gasteiger partial charge in [0.25, 0.3) is 0 Å². The van der Waals surface area contributed by atoms with Crippen molar-refractivity contribution in [2.45, 2.75) is 39.2 Å². The molecule has 2 heterocycles. The van der Waals surface area contributed by atoms with E-state index >= 15 is 0 Å². The largest absolute Gasteiger partial charge is 0.312 e. The molecule has 0 unspecified atom stereocenters. The Morgan fingerprint density at radius 1 is 1.26 bits per heavy atom. The van der Waals surface area contributed by atoms with Crippen molar-refractivity contribution >= 4 is 0 Å². The van der Waals surface area contributed by atoms with Gasteiger partial charge >= 0.3 is 0 Å². The van der Waals surface area contributed by atoms with Crippen molar-refractivity contribution in [3.05, 3.63) is 47.5 Å². The highest BCUT2D eigenvalue weighted by atomic mass is 15.1. The second-order valence-corrected chi connectivity index (χ2v) is 5.81. The topological polar surface area (TPSA) is 53.6 Å². The number of nitrogens with zero attached hydrogens (tertiary/aromatic N) is 2. The Balaban J connectivity index is 1.82. The van der Waals surface area contributed by atoms with E-state index < -0.39 is 0 Å². The Labute approximate surface area is 114 Å². The van der Waals surface area contributed by atoms with Crippen LogP contribution in [0.3, 0.4) is 0 Å². The minimum Gasteiger partial charge on any atom is -0.312 e. The molecule has 0 amide bonds. The van der Waals surface area contributed by atoms with Crippen LogP contribution in [0.1, 0.15) is 37.6 Å². The smallest absolute Gasteiger partial charge is 0.0535 e. The first-order valence-corrected chi connectivity index (χ1v) is 6.70. The van der Waals surface area contributed by atoms with Crippen molar-refractivity contribution in [2.75, 3.05) is 6.54 Å². The fourth-order valence-electron chi connectivity index (χ4n) is 2.10. The van der Waals surface area contributed by atoms with Crippen LogP contribution >= 0.6 is 0 Å². The highest BCUT2D eigenvalue weighted by Gasteiger charge is 2.19. The fourth-order valence-corrected chi connectivity index (χ4v) is 2.10. The first-order valence-electron chi connectivity index (χ1n) is 6.70. The normalized spacial score (nSPS) is 11.7. The first kappa shape index (κ1) is 13.7. The van der Waals surface area contributed by atoms with E-state index in [1.165, 1.54) is 16.8 Å². The lowest BCUT2D eigenvalue weighted by Crippen LogP contribution is -2.20. The average molecular weight is 258 g/mol. The quantitative estimate of drug-likeness (QED) is 0.810. The molecule has 4 heteroatoms. The molecule has 0 fully saturated rings. The molecule has 102 valence electrons. The monoisotopic (exact) mass is 258 g/mol. The lowest BCUT2D eigenvalue weighted by atomic mass is 9.89. The van der Waals surface area contributed by atoms with Crippen LogP contribution in [-0.2, 0) is 18.4 Å². The maximum atomic E-state index is 4.15. The van der Waals surface area contributed by atoms with E-state index in [1.807, 2.05) is 18.5 Å². The SMILES string of the molecule is CC(C)(C)c1[nH]ncc1CNCCc1cccnc1. The van der Waals surface area contributed by atoms with Crippen molar-refractivity contribution in [1.82, 2.24) is 20.5 Å². The van der Waals surface area contributed by atoms with Gasteiger partial charge in [-0.05, 0) is 24.6 Å². The summed E-state index contributed by atoms with van der Waals surface area (Å²) in [6.45, 7) is 8.38. The molecule has 0 aliphatic heterocycles. The molecule has 0 aromatic carbocycles. The highest BCUT2D eigenvalue weighted by Crippen LogP contribution is 2.23. The predicted octanol–water partition coefficient (Wildman–Crippen LogP) is 2.43. The molecule has 0 saturated heterocycles. The Hall–Kier alpha value is -1.68. The van der Waals surface area contributed by atoms with Crippen molar-refractivity contribution in [1.29, 1.82) is 0 Å². The van der Waals surface area contributed by atoms with Crippen molar-refractivity contribution < 1.29 is 0 Å². The van der Waals surface area contributed by atoms with Crippen LogP contribution in [0.15, 0.2) is 30.7 Å². The van der Waals surface area contributed by atoms with Gasteiger partial charge in [0.1, 0.15) is 0 Å². The van der Waals surface area contributed by atoms with E-state index in [1.54, 1.807) is 6.20 Å². The average Bonchev–Trinajstić information content (AvgIpc) is 2.84. The molecule has 2 aromatic rings. The molecule has 0 bridgehead atoms. The van der Waals surface area contributed by atoms with Crippen molar-refractivity contribution in [3.8, 4) is 0 Å². The van der Waals surface area contributed by atoms with Gasteiger partial charge in [0, 0.05) is 35.6 Å². The number of H-pyrrole nitrogens is 1. The summed E-state index contributed by atoms with van der Waals surface area (Å²) in [6.07, 6.45) is 6.63. The second kappa shape index (κ2) is 5.97. The number of pyridine rings is 1. The molecule has 2 aromatic heterocycles. The van der Waals surface area contributed by atoms with E-state index in [0.29, 0.717) is 0 Å². The summed E-state index contributed by atoms with van der Waals surface area (Å²) in [4.78, 5) is 4.12. The zero-order valence-electron chi connectivity index (χ0n) is 11.9. The lowest BCUT2D eigenvalue weighted by molar-refractivity contribution is 0.554. The molecule has 0 radical (unpaired) electrons. The van der Waals surface area contributed by atoms with Gasteiger partial charge in [0.05, 0.1) is 6.20 Å². The van der Waals surface area contributed by atoms with Gasteiger partial charge in [0.15, 0.2) is 0 Å². The van der Waals surface area contributed by atoms with E-state index in [0.717, 1.165) is 19.5 Å². The number of hydrogen-bond acceptors (Lipinski definition) is 3. The molecule has 0 aliphatic rings. The van der Waals surface area contributed by atoms with E-state index in [-0.39, 0.29) is 5.41 Å². The van der Waals surface area contributed by atoms with Crippen LogP contribution in [0.25, 0.3) is 0 Å². The zero-order valence-corrected chi connectivity index (χ0v) is 11.9.